The normalized spacial score (nSPS) is 21.7. The highest BCUT2D eigenvalue weighted by molar-refractivity contribution is 7.86. The van der Waals surface area contributed by atoms with E-state index in [1.807, 2.05) is 0 Å². The Bertz CT molecular complexity index is 399. The Kier molecular flexibility index (Phi) is 4.65. The highest BCUT2D eigenvalue weighted by Gasteiger charge is 2.44. The van der Waals surface area contributed by atoms with E-state index in [1.165, 1.54) is 0 Å². The maximum absolute atomic E-state index is 12.5. The molecule has 1 heterocycles. The van der Waals surface area contributed by atoms with Gasteiger partial charge in [-0.2, -0.15) is 8.42 Å². The van der Waals surface area contributed by atoms with Gasteiger partial charge in [0.2, 0.25) is 5.91 Å². The van der Waals surface area contributed by atoms with Crippen LogP contribution < -0.4 is 0 Å². The molecule has 1 fully saturated rings. The Balaban J connectivity index is 2.84. The van der Waals surface area contributed by atoms with E-state index in [1.54, 1.807) is 0 Å². The molecule has 1 atom stereocenters. The first-order valence-corrected chi connectivity index (χ1v) is 6.88. The van der Waals surface area contributed by atoms with Crippen molar-refractivity contribution in [1.29, 1.82) is 0 Å². The predicted octanol–water partition coefficient (Wildman–Crippen LogP) is -2.15. The molecule has 3 N–H and O–H groups in total. The molecule has 0 spiro atoms. The van der Waals surface area contributed by atoms with Crippen molar-refractivity contribution in [1.82, 2.24) is 4.90 Å². The summed E-state index contributed by atoms with van der Waals surface area (Å²) in [7, 11) is -4.69. The van der Waals surface area contributed by atoms with Crippen molar-refractivity contribution in [2.24, 2.45) is 5.92 Å². The van der Waals surface area contributed by atoms with E-state index < -0.39 is 53.2 Å². The number of hydrogen-bond donors (Lipinski definition) is 3. The van der Waals surface area contributed by atoms with E-state index in [-0.39, 0.29) is 13.0 Å². The van der Waals surface area contributed by atoms with Crippen LogP contribution >= 0.6 is 0 Å². The quantitative estimate of drug-likeness (QED) is 0.479. The number of nitrogens with zero attached hydrogens (tertiary/aromatic N) is 1. The maximum atomic E-state index is 12.5. The lowest BCUT2D eigenvalue weighted by Gasteiger charge is -2.37. The smallest absolute Gasteiger partial charge is 0.302 e. The van der Waals surface area contributed by atoms with Crippen LogP contribution in [0.1, 0.15) is 6.42 Å². The van der Waals surface area contributed by atoms with Gasteiger partial charge in [-0.1, -0.05) is 0 Å². The van der Waals surface area contributed by atoms with Gasteiger partial charge in [-0.3, -0.25) is 4.79 Å². The first kappa shape index (κ1) is 15.3. The summed E-state index contributed by atoms with van der Waals surface area (Å²) in [5.41, 5.74) is -1.54. The number of halogens is 1. The highest BCUT2D eigenvalue weighted by Crippen LogP contribution is 2.27. The van der Waals surface area contributed by atoms with Crippen LogP contribution in [-0.4, -0.2) is 72.2 Å². The summed E-state index contributed by atoms with van der Waals surface area (Å²) in [6.45, 7) is -2.12. The Labute approximate surface area is 104 Å². The van der Waals surface area contributed by atoms with E-state index in [9.17, 15) is 17.1 Å². The molecule has 0 aliphatic carbocycles. The average molecular weight is 285 g/mol. The lowest BCUT2D eigenvalue weighted by Crippen LogP contribution is -2.57. The Morgan fingerprint density at radius 3 is 2.17 bits per heavy atom. The van der Waals surface area contributed by atoms with Gasteiger partial charge in [0.05, 0.1) is 25.6 Å². The average Bonchev–Trinajstić information content (AvgIpc) is 2.61. The monoisotopic (exact) mass is 285 g/mol. The van der Waals surface area contributed by atoms with Crippen LogP contribution in [0.4, 0.5) is 3.89 Å². The molecule has 7 nitrogen and oxygen atoms in total. The molecule has 1 aliphatic heterocycles. The van der Waals surface area contributed by atoms with E-state index in [4.69, 9.17) is 15.3 Å². The van der Waals surface area contributed by atoms with Crippen molar-refractivity contribution >= 4 is 16.1 Å². The topological polar surface area (TPSA) is 115 Å². The Morgan fingerprint density at radius 1 is 1.28 bits per heavy atom. The van der Waals surface area contributed by atoms with E-state index in [2.05, 4.69) is 0 Å². The molecule has 0 aromatic heterocycles. The number of carbonyl (C=O) groups is 1. The number of amides is 1. The van der Waals surface area contributed by atoms with Crippen molar-refractivity contribution in [2.45, 2.75) is 12.0 Å². The third-order valence-corrected chi connectivity index (χ3v) is 3.96. The minimum absolute atomic E-state index is 0.121. The van der Waals surface area contributed by atoms with Gasteiger partial charge in [-0.15, -0.1) is 3.89 Å². The first-order chi connectivity index (χ1) is 8.28. The van der Waals surface area contributed by atoms with Crippen molar-refractivity contribution in [3.63, 3.8) is 0 Å². The van der Waals surface area contributed by atoms with Gasteiger partial charge in [0.1, 0.15) is 5.54 Å². The van der Waals surface area contributed by atoms with Crippen LogP contribution in [0.3, 0.4) is 0 Å². The van der Waals surface area contributed by atoms with Gasteiger partial charge < -0.3 is 20.2 Å². The molecular weight excluding hydrogens is 269 g/mol. The molecule has 1 aliphatic rings. The number of aliphatic hydroxyl groups excluding tert-OH is 3. The number of rotatable bonds is 6. The van der Waals surface area contributed by atoms with Crippen molar-refractivity contribution in [3.05, 3.63) is 0 Å². The lowest BCUT2D eigenvalue weighted by atomic mass is 10.0. The fraction of sp³-hybridized carbons (Fsp3) is 0.889. The predicted molar refractivity (Wildman–Crippen MR) is 58.7 cm³/mol. The maximum Gasteiger partial charge on any atom is 0.302 e. The fourth-order valence-electron chi connectivity index (χ4n) is 2.04. The van der Waals surface area contributed by atoms with Gasteiger partial charge in [-0.25, -0.2) is 0 Å². The van der Waals surface area contributed by atoms with E-state index >= 15 is 0 Å². The first-order valence-electron chi connectivity index (χ1n) is 5.33. The van der Waals surface area contributed by atoms with Gasteiger partial charge >= 0.3 is 10.2 Å². The van der Waals surface area contributed by atoms with Gasteiger partial charge in [0.15, 0.2) is 0 Å². The number of aliphatic hydroxyl groups is 3. The van der Waals surface area contributed by atoms with E-state index in [0.717, 1.165) is 4.90 Å². The number of carbonyl (C=O) groups excluding carboxylic acids is 1. The molecule has 0 aromatic carbocycles. The third-order valence-electron chi connectivity index (χ3n) is 3.10. The molecule has 0 aromatic rings. The molecule has 18 heavy (non-hydrogen) atoms. The molecule has 0 saturated carbocycles. The second kappa shape index (κ2) is 5.47. The van der Waals surface area contributed by atoms with Crippen LogP contribution in [-0.2, 0) is 15.0 Å². The zero-order valence-corrected chi connectivity index (χ0v) is 10.4. The van der Waals surface area contributed by atoms with Crippen LogP contribution in [0, 0.1) is 5.92 Å². The molecule has 0 bridgehead atoms. The molecule has 9 heteroatoms. The van der Waals surface area contributed by atoms with Gasteiger partial charge in [0.25, 0.3) is 0 Å². The molecule has 106 valence electrons. The molecule has 1 amide bonds. The minimum atomic E-state index is -4.69. The molecular formula is C9H16FNO6S. The molecule has 0 radical (unpaired) electrons. The molecule has 1 saturated heterocycles. The Morgan fingerprint density at radius 2 is 1.78 bits per heavy atom. The van der Waals surface area contributed by atoms with Gasteiger partial charge in [-0.05, 0) is 0 Å². The van der Waals surface area contributed by atoms with Crippen molar-refractivity contribution in [3.8, 4) is 0 Å². The summed E-state index contributed by atoms with van der Waals surface area (Å²) in [6.07, 6.45) is -0.190. The van der Waals surface area contributed by atoms with Crippen LogP contribution in [0.25, 0.3) is 0 Å². The largest absolute Gasteiger partial charge is 0.394 e. The molecule has 1 unspecified atom stereocenters. The fourth-order valence-corrected chi connectivity index (χ4v) is 2.83. The zero-order chi connectivity index (χ0) is 14.0. The summed E-state index contributed by atoms with van der Waals surface area (Å²) in [5, 5.41) is 27.5. The highest BCUT2D eigenvalue weighted by atomic mass is 32.3. The number of hydrogen-bond acceptors (Lipinski definition) is 6. The third kappa shape index (κ3) is 3.16. The summed E-state index contributed by atoms with van der Waals surface area (Å²) < 4.78 is 33.6. The van der Waals surface area contributed by atoms with Crippen LogP contribution in [0.5, 0.6) is 0 Å². The zero-order valence-electron chi connectivity index (χ0n) is 9.62. The summed E-state index contributed by atoms with van der Waals surface area (Å²) >= 11 is 0. The lowest BCUT2D eigenvalue weighted by molar-refractivity contribution is -0.140. The van der Waals surface area contributed by atoms with Crippen molar-refractivity contribution in [2.75, 3.05) is 32.1 Å². The summed E-state index contributed by atoms with van der Waals surface area (Å²) in [5.74, 6) is -2.05. The minimum Gasteiger partial charge on any atom is -0.394 e. The van der Waals surface area contributed by atoms with Crippen molar-refractivity contribution < 1.29 is 32.4 Å². The Hall–Kier alpha value is -0.770. The second-order valence-corrected chi connectivity index (χ2v) is 5.89. The summed E-state index contributed by atoms with van der Waals surface area (Å²) in [4.78, 5) is 12.7. The van der Waals surface area contributed by atoms with Crippen LogP contribution in [0.2, 0.25) is 0 Å². The van der Waals surface area contributed by atoms with E-state index in [0.29, 0.717) is 0 Å². The standard InChI is InChI=1S/C9H16FNO6S/c10-18(16,17)3-7-1-8(15)11(2-7)9(4-12,5-13)6-14/h7,12-14H,1-6H2. The van der Waals surface area contributed by atoms with Gasteiger partial charge in [0, 0.05) is 18.9 Å². The molecule has 1 rings (SSSR count). The SMILES string of the molecule is O=C1CC(CS(=O)(=O)F)CN1C(CO)(CO)CO. The van der Waals surface area contributed by atoms with Crippen LogP contribution in [0.15, 0.2) is 0 Å². The number of likely N-dealkylation sites (tertiary alicyclic amines) is 1. The second-order valence-electron chi connectivity index (χ2n) is 4.48. The summed E-state index contributed by atoms with van der Waals surface area (Å²) in [6, 6.07) is 0.